The van der Waals surface area contributed by atoms with Crippen LogP contribution >= 0.6 is 0 Å². The minimum atomic E-state index is 0.304. The molecule has 1 aromatic rings. The molecule has 2 rings (SSSR count). The van der Waals surface area contributed by atoms with Crippen molar-refractivity contribution in [2.24, 2.45) is 11.3 Å². The maximum Gasteiger partial charge on any atom is 0.0271 e. The van der Waals surface area contributed by atoms with Gasteiger partial charge in [0.15, 0.2) is 0 Å². The van der Waals surface area contributed by atoms with Gasteiger partial charge in [-0.05, 0) is 29.0 Å². The Balaban J connectivity index is 2.11. The van der Waals surface area contributed by atoms with E-state index in [1.165, 1.54) is 5.56 Å². The van der Waals surface area contributed by atoms with E-state index in [1.54, 1.807) is 0 Å². The number of hydrogen-bond donors (Lipinski definition) is 1. The molecule has 0 radical (unpaired) electrons. The third kappa shape index (κ3) is 3.80. The second kappa shape index (κ2) is 6.23. The van der Waals surface area contributed by atoms with Crippen LogP contribution < -0.4 is 5.32 Å². The quantitative estimate of drug-likeness (QED) is 0.919. The van der Waals surface area contributed by atoms with Crippen LogP contribution in [0.3, 0.4) is 0 Å². The summed E-state index contributed by atoms with van der Waals surface area (Å²) in [6, 6.07) is 5.43. The fraction of sp³-hybridized carbons (Fsp3) is 0.706. The van der Waals surface area contributed by atoms with Crippen LogP contribution in [0, 0.1) is 11.3 Å². The summed E-state index contributed by atoms with van der Waals surface area (Å²) in [5, 5.41) is 3.75. The summed E-state index contributed by atoms with van der Waals surface area (Å²) in [6.07, 6.45) is 3.78. The molecule has 0 saturated carbocycles. The summed E-state index contributed by atoms with van der Waals surface area (Å²) in [7, 11) is 0. The molecule has 0 bridgehead atoms. The Morgan fingerprint density at radius 1 is 1.30 bits per heavy atom. The van der Waals surface area contributed by atoms with Gasteiger partial charge in [0.05, 0.1) is 0 Å². The predicted octanol–water partition coefficient (Wildman–Crippen LogP) is 2.93. The Morgan fingerprint density at radius 2 is 1.95 bits per heavy atom. The third-order valence-corrected chi connectivity index (χ3v) is 4.41. The van der Waals surface area contributed by atoms with Gasteiger partial charge in [-0.2, -0.15) is 0 Å². The number of rotatable bonds is 3. The lowest BCUT2D eigenvalue weighted by Gasteiger charge is -2.46. The molecule has 1 aliphatic rings. The Kier molecular flexibility index (Phi) is 4.82. The van der Waals surface area contributed by atoms with E-state index in [0.29, 0.717) is 23.4 Å². The van der Waals surface area contributed by atoms with Crippen molar-refractivity contribution in [2.75, 3.05) is 13.1 Å². The lowest BCUT2D eigenvalue weighted by molar-refractivity contribution is 0.0572. The van der Waals surface area contributed by atoms with Crippen molar-refractivity contribution in [3.8, 4) is 0 Å². The van der Waals surface area contributed by atoms with Gasteiger partial charge in [0, 0.05) is 44.1 Å². The van der Waals surface area contributed by atoms with E-state index < -0.39 is 0 Å². The second-order valence-electron chi connectivity index (χ2n) is 7.42. The standard InChI is InChI=1S/C17H29N3/c1-13(2)15-10-19-16(17(3,4)5)12-20(15)11-14-6-8-18-9-7-14/h6-9,13,15-16,19H,10-12H2,1-5H3. The summed E-state index contributed by atoms with van der Waals surface area (Å²) < 4.78 is 0. The average molecular weight is 275 g/mol. The molecule has 2 atom stereocenters. The number of nitrogens with one attached hydrogen (secondary N) is 1. The van der Waals surface area contributed by atoms with Crippen LogP contribution in [0.2, 0.25) is 0 Å². The van der Waals surface area contributed by atoms with Gasteiger partial charge in [0.2, 0.25) is 0 Å². The summed E-state index contributed by atoms with van der Waals surface area (Å²) >= 11 is 0. The monoisotopic (exact) mass is 275 g/mol. The maximum absolute atomic E-state index is 4.12. The van der Waals surface area contributed by atoms with E-state index in [4.69, 9.17) is 0 Å². The SMILES string of the molecule is CC(C)C1CNC(C(C)(C)C)CN1Cc1ccncc1. The van der Waals surface area contributed by atoms with Gasteiger partial charge in [-0.15, -0.1) is 0 Å². The third-order valence-electron chi connectivity index (χ3n) is 4.41. The molecule has 3 heteroatoms. The first-order valence-corrected chi connectivity index (χ1v) is 7.74. The van der Waals surface area contributed by atoms with Crippen molar-refractivity contribution < 1.29 is 0 Å². The van der Waals surface area contributed by atoms with E-state index in [1.807, 2.05) is 12.4 Å². The molecular weight excluding hydrogens is 246 g/mol. The number of aromatic nitrogens is 1. The Hall–Kier alpha value is -0.930. The number of pyridine rings is 1. The van der Waals surface area contributed by atoms with E-state index in [-0.39, 0.29) is 0 Å². The summed E-state index contributed by atoms with van der Waals surface area (Å²) in [6.45, 7) is 14.9. The zero-order valence-electron chi connectivity index (χ0n) is 13.6. The van der Waals surface area contributed by atoms with Gasteiger partial charge in [-0.25, -0.2) is 0 Å². The van der Waals surface area contributed by atoms with Crippen molar-refractivity contribution >= 4 is 0 Å². The molecule has 112 valence electrons. The van der Waals surface area contributed by atoms with Crippen molar-refractivity contribution in [3.05, 3.63) is 30.1 Å². The highest BCUT2D eigenvalue weighted by atomic mass is 15.2. The fourth-order valence-electron chi connectivity index (χ4n) is 2.97. The van der Waals surface area contributed by atoms with Gasteiger partial charge < -0.3 is 5.32 Å². The molecule has 0 aromatic carbocycles. The minimum absolute atomic E-state index is 0.304. The van der Waals surface area contributed by atoms with E-state index in [0.717, 1.165) is 19.6 Å². The van der Waals surface area contributed by atoms with Crippen LogP contribution in [-0.4, -0.2) is 35.1 Å². The molecule has 2 heterocycles. The van der Waals surface area contributed by atoms with Gasteiger partial charge in [-0.3, -0.25) is 9.88 Å². The fourth-order valence-corrected chi connectivity index (χ4v) is 2.97. The summed E-state index contributed by atoms with van der Waals surface area (Å²) in [5.74, 6) is 0.672. The van der Waals surface area contributed by atoms with Crippen LogP contribution in [0.25, 0.3) is 0 Å². The number of hydrogen-bond acceptors (Lipinski definition) is 3. The molecule has 20 heavy (non-hydrogen) atoms. The van der Waals surface area contributed by atoms with Gasteiger partial charge in [0.1, 0.15) is 0 Å². The Labute approximate surface area is 123 Å². The molecular formula is C17H29N3. The van der Waals surface area contributed by atoms with Crippen molar-refractivity contribution in [3.63, 3.8) is 0 Å². The predicted molar refractivity (Wildman–Crippen MR) is 84.5 cm³/mol. The second-order valence-corrected chi connectivity index (χ2v) is 7.42. The van der Waals surface area contributed by atoms with Crippen LogP contribution in [0.4, 0.5) is 0 Å². The topological polar surface area (TPSA) is 28.2 Å². The number of nitrogens with zero attached hydrogens (tertiary/aromatic N) is 2. The van der Waals surface area contributed by atoms with Gasteiger partial charge >= 0.3 is 0 Å². The van der Waals surface area contributed by atoms with Crippen molar-refractivity contribution in [2.45, 2.75) is 53.2 Å². The van der Waals surface area contributed by atoms with Crippen LogP contribution in [0.1, 0.15) is 40.2 Å². The van der Waals surface area contributed by atoms with Gasteiger partial charge in [-0.1, -0.05) is 34.6 Å². The first kappa shape index (κ1) is 15.5. The smallest absolute Gasteiger partial charge is 0.0271 e. The highest BCUT2D eigenvalue weighted by molar-refractivity contribution is 5.10. The molecule has 1 aliphatic heterocycles. The van der Waals surface area contributed by atoms with Crippen LogP contribution in [0.5, 0.6) is 0 Å². The first-order chi connectivity index (χ1) is 9.38. The highest BCUT2D eigenvalue weighted by Gasteiger charge is 2.35. The molecule has 0 spiro atoms. The summed E-state index contributed by atoms with van der Waals surface area (Å²) in [4.78, 5) is 6.76. The minimum Gasteiger partial charge on any atom is -0.311 e. The normalized spacial score (nSPS) is 25.1. The molecule has 1 saturated heterocycles. The Bertz CT molecular complexity index is 408. The zero-order valence-corrected chi connectivity index (χ0v) is 13.6. The lowest BCUT2D eigenvalue weighted by Crippen LogP contribution is -2.61. The molecule has 2 unspecified atom stereocenters. The number of piperazine rings is 1. The van der Waals surface area contributed by atoms with Crippen molar-refractivity contribution in [1.29, 1.82) is 0 Å². The Morgan fingerprint density at radius 3 is 2.50 bits per heavy atom. The zero-order chi connectivity index (χ0) is 14.8. The van der Waals surface area contributed by atoms with Gasteiger partial charge in [0.25, 0.3) is 0 Å². The van der Waals surface area contributed by atoms with Crippen LogP contribution in [0.15, 0.2) is 24.5 Å². The first-order valence-electron chi connectivity index (χ1n) is 7.74. The molecule has 3 nitrogen and oxygen atoms in total. The van der Waals surface area contributed by atoms with Crippen LogP contribution in [-0.2, 0) is 6.54 Å². The molecule has 1 N–H and O–H groups in total. The average Bonchev–Trinajstić information content (AvgIpc) is 2.38. The summed E-state index contributed by atoms with van der Waals surface area (Å²) in [5.41, 5.74) is 1.67. The molecule has 1 fully saturated rings. The lowest BCUT2D eigenvalue weighted by atomic mass is 9.83. The molecule has 1 aromatic heterocycles. The van der Waals surface area contributed by atoms with E-state index >= 15 is 0 Å². The highest BCUT2D eigenvalue weighted by Crippen LogP contribution is 2.26. The molecule has 0 amide bonds. The van der Waals surface area contributed by atoms with E-state index in [2.05, 4.69) is 62.0 Å². The van der Waals surface area contributed by atoms with E-state index in [9.17, 15) is 0 Å². The maximum atomic E-state index is 4.12. The van der Waals surface area contributed by atoms with Crippen molar-refractivity contribution in [1.82, 2.24) is 15.2 Å². The molecule has 0 aliphatic carbocycles. The largest absolute Gasteiger partial charge is 0.311 e.